The van der Waals surface area contributed by atoms with Gasteiger partial charge in [0.25, 0.3) is 0 Å². The molecule has 0 saturated carbocycles. The minimum atomic E-state index is -5.62. The van der Waals surface area contributed by atoms with Crippen LogP contribution in [0.3, 0.4) is 0 Å². The van der Waals surface area contributed by atoms with Crippen molar-refractivity contribution in [3.8, 4) is 0 Å². The van der Waals surface area contributed by atoms with Crippen molar-refractivity contribution in [2.24, 2.45) is 0 Å². The van der Waals surface area contributed by atoms with Crippen molar-refractivity contribution in [1.29, 1.82) is 0 Å². The molecule has 0 N–H and O–H groups in total. The zero-order chi connectivity index (χ0) is 15.7. The van der Waals surface area contributed by atoms with E-state index in [2.05, 4.69) is 20.9 Å². The first-order valence-electron chi connectivity index (χ1n) is 5.35. The maximum atomic E-state index is 11.1. The molecule has 0 amide bonds. The number of nitrogens with zero attached hydrogens (tertiary/aromatic N) is 2. The molecule has 0 spiro atoms. The molecule has 0 aromatic carbocycles. The van der Waals surface area contributed by atoms with Crippen LogP contribution in [0, 0.1) is 0 Å². The summed E-state index contributed by atoms with van der Waals surface area (Å²) >= 11 is 0. The lowest BCUT2D eigenvalue weighted by molar-refractivity contribution is -0.906. The lowest BCUT2D eigenvalue weighted by atomic mass is 10.4. The van der Waals surface area contributed by atoms with E-state index in [-0.39, 0.29) is 0 Å². The highest BCUT2D eigenvalue weighted by Crippen LogP contribution is 2.11. The molecule has 0 aliphatic rings. The first-order chi connectivity index (χ1) is 8.39. The fraction of sp³-hybridized carbons (Fsp3) is 1.00. The van der Waals surface area contributed by atoms with E-state index in [1.807, 2.05) is 0 Å². The average Bonchev–Trinajstić information content (AvgIpc) is 2.22. The number of halogens is 2. The molecule has 0 rings (SSSR count). The Balaban J connectivity index is 0. The molecular weight excluding hydrogens is 306 g/mol. The van der Waals surface area contributed by atoms with Gasteiger partial charge in [0.2, 0.25) is 20.8 Å². The Bertz CT molecular complexity index is 404. The van der Waals surface area contributed by atoms with Gasteiger partial charge >= 0.3 is 0 Å². The summed E-state index contributed by atoms with van der Waals surface area (Å²) in [6.07, 6.45) is 0. The fourth-order valence-electron chi connectivity index (χ4n) is 0.958. The molecule has 0 unspecified atom stereocenters. The van der Waals surface area contributed by atoms with Crippen molar-refractivity contribution in [3.63, 3.8) is 0 Å². The predicted molar refractivity (Wildman–Crippen MR) is 67.4 cm³/mol. The molecule has 118 valence electrons. The van der Waals surface area contributed by atoms with Crippen LogP contribution < -0.4 is 0 Å². The minimum absolute atomic E-state index is 0.873. The van der Waals surface area contributed by atoms with Crippen LogP contribution in [0.2, 0.25) is 0 Å². The number of likely N-dealkylation sites (N-methyl/N-ethyl adjacent to an activating group) is 1. The van der Waals surface area contributed by atoms with Gasteiger partial charge in [0.05, 0.1) is 26.7 Å². The zero-order valence-electron chi connectivity index (χ0n) is 11.3. The summed E-state index contributed by atoms with van der Waals surface area (Å²) in [7, 11) is -7.22. The molecule has 7 nitrogen and oxygen atoms in total. The van der Waals surface area contributed by atoms with Crippen LogP contribution in [0.15, 0.2) is 0 Å². The Labute approximate surface area is 113 Å². The Hall–Kier alpha value is -0.360. The second-order valence-corrected chi connectivity index (χ2v) is 6.11. The van der Waals surface area contributed by atoms with E-state index in [9.17, 15) is 24.6 Å². The van der Waals surface area contributed by atoms with E-state index in [1.54, 1.807) is 7.11 Å². The second-order valence-electron chi connectivity index (χ2n) is 3.87. The second kappa shape index (κ2) is 8.74. The number of ether oxygens (including phenoxy) is 1. The Kier molecular flexibility index (Phi) is 9.64. The highest BCUT2D eigenvalue weighted by atomic mass is 32.3. The lowest BCUT2D eigenvalue weighted by Gasteiger charge is -2.31. The van der Waals surface area contributed by atoms with E-state index in [0.29, 0.717) is 0 Å². The molecule has 0 fully saturated rings. The van der Waals surface area contributed by atoms with E-state index in [0.717, 1.165) is 21.8 Å². The number of methoxy groups -OCH3 is 1. The minimum Gasteiger partial charge on any atom is -0.379 e. The first-order valence-corrected chi connectivity index (χ1v) is 8.03. The van der Waals surface area contributed by atoms with Crippen LogP contribution in [-0.4, -0.2) is 61.7 Å². The van der Waals surface area contributed by atoms with Crippen molar-refractivity contribution in [3.05, 3.63) is 4.13 Å². The third kappa shape index (κ3) is 15.6. The molecular formula is C8H20F2N2O5S2. The maximum Gasteiger partial charge on any atom is 0.241 e. The summed E-state index contributed by atoms with van der Waals surface area (Å²) in [4.78, 5) is 0. The summed E-state index contributed by atoms with van der Waals surface area (Å²) < 4.78 is 66.2. The number of quaternary nitrogens is 1. The first kappa shape index (κ1) is 20.9. The SMILES string of the molecule is CC[N+](C)(CC)CCOC.O=S(=O)(F)[N-]S(=O)(=O)F. The highest BCUT2D eigenvalue weighted by Gasteiger charge is 2.14. The summed E-state index contributed by atoms with van der Waals surface area (Å²) in [6, 6.07) is 0. The van der Waals surface area contributed by atoms with Gasteiger partial charge in [-0.25, -0.2) is 16.8 Å². The molecule has 0 aliphatic carbocycles. The third-order valence-electron chi connectivity index (χ3n) is 2.54. The molecule has 0 aromatic heterocycles. The van der Waals surface area contributed by atoms with Gasteiger partial charge in [0.15, 0.2) is 0 Å². The molecule has 0 heterocycles. The standard InChI is InChI=1S/C8H20NO.F2NO4S2/c1-5-9(3,6-2)7-8-10-4;1-8(4,5)3-9(2,6)7/h5-8H2,1-4H3;/q+1;-1. The summed E-state index contributed by atoms with van der Waals surface area (Å²) in [5.74, 6) is 0. The van der Waals surface area contributed by atoms with E-state index < -0.39 is 20.8 Å². The molecule has 19 heavy (non-hydrogen) atoms. The van der Waals surface area contributed by atoms with E-state index >= 15 is 0 Å². The Morgan fingerprint density at radius 2 is 1.42 bits per heavy atom. The number of hydrogen-bond donors (Lipinski definition) is 0. The van der Waals surface area contributed by atoms with Gasteiger partial charge < -0.3 is 13.3 Å². The van der Waals surface area contributed by atoms with Crippen molar-refractivity contribution >= 4 is 20.8 Å². The molecule has 0 radical (unpaired) electrons. The largest absolute Gasteiger partial charge is 0.379 e. The maximum absolute atomic E-state index is 11.1. The Morgan fingerprint density at radius 1 is 1.05 bits per heavy atom. The molecule has 11 heteroatoms. The summed E-state index contributed by atoms with van der Waals surface area (Å²) in [6.45, 7) is 8.83. The van der Waals surface area contributed by atoms with Crippen molar-refractivity contribution < 1.29 is 33.8 Å². The van der Waals surface area contributed by atoms with Crippen molar-refractivity contribution in [1.82, 2.24) is 0 Å². The topological polar surface area (TPSA) is 91.6 Å². The van der Waals surface area contributed by atoms with Gasteiger partial charge in [-0.3, -0.25) is 0 Å². The van der Waals surface area contributed by atoms with Crippen LogP contribution >= 0.6 is 0 Å². The van der Waals surface area contributed by atoms with Gasteiger partial charge in [-0.15, -0.1) is 7.77 Å². The smallest absolute Gasteiger partial charge is 0.241 e. The predicted octanol–water partition coefficient (Wildman–Crippen LogP) is 0.908. The Morgan fingerprint density at radius 3 is 1.58 bits per heavy atom. The zero-order valence-corrected chi connectivity index (χ0v) is 13.0. The van der Waals surface area contributed by atoms with Crippen LogP contribution in [0.25, 0.3) is 4.13 Å². The molecule has 0 atom stereocenters. The average molecular weight is 326 g/mol. The van der Waals surface area contributed by atoms with Crippen LogP contribution in [0.1, 0.15) is 13.8 Å². The monoisotopic (exact) mass is 326 g/mol. The number of rotatable bonds is 7. The van der Waals surface area contributed by atoms with Crippen molar-refractivity contribution in [2.45, 2.75) is 13.8 Å². The highest BCUT2D eigenvalue weighted by molar-refractivity contribution is 8.07. The molecule has 0 aromatic rings. The molecule has 0 saturated heterocycles. The van der Waals surface area contributed by atoms with Gasteiger partial charge in [0.1, 0.15) is 6.54 Å². The lowest BCUT2D eigenvalue weighted by Crippen LogP contribution is -2.45. The van der Waals surface area contributed by atoms with Crippen LogP contribution in [0.4, 0.5) is 7.77 Å². The van der Waals surface area contributed by atoms with Gasteiger partial charge in [-0.1, -0.05) is 0 Å². The summed E-state index contributed by atoms with van der Waals surface area (Å²) in [5, 5.41) is 0. The van der Waals surface area contributed by atoms with Crippen molar-refractivity contribution in [2.75, 3.05) is 40.4 Å². The van der Waals surface area contributed by atoms with Gasteiger partial charge in [0, 0.05) is 7.11 Å². The van der Waals surface area contributed by atoms with Gasteiger partial charge in [-0.2, -0.15) is 0 Å². The third-order valence-corrected chi connectivity index (χ3v) is 3.96. The van der Waals surface area contributed by atoms with Crippen LogP contribution in [0.5, 0.6) is 0 Å². The normalized spacial score (nSPS) is 12.7. The fourth-order valence-corrected chi connectivity index (χ4v) is 1.81. The number of hydrogen-bond acceptors (Lipinski definition) is 5. The van der Waals surface area contributed by atoms with Crippen LogP contribution in [-0.2, 0) is 25.6 Å². The quantitative estimate of drug-likeness (QED) is 0.512. The van der Waals surface area contributed by atoms with E-state index in [4.69, 9.17) is 4.74 Å². The molecule has 0 bridgehead atoms. The van der Waals surface area contributed by atoms with E-state index in [1.165, 1.54) is 13.1 Å². The molecule has 0 aliphatic heterocycles. The summed E-state index contributed by atoms with van der Waals surface area (Å²) in [5.41, 5.74) is 0. The van der Waals surface area contributed by atoms with Gasteiger partial charge in [-0.05, 0) is 13.8 Å².